The Hall–Kier alpha value is -2.37. The minimum Gasteiger partial charge on any atom is -0.377 e. The van der Waals surface area contributed by atoms with Crippen LogP contribution in [0.15, 0.2) is 65.7 Å². The Morgan fingerprint density at radius 3 is 2.92 bits per heavy atom. The molecule has 0 spiro atoms. The standard InChI is InChI=1S/C21H20N2O2S/c24-21(23-18-10-3-6-15-7-4-12-22-20(15)18)17-9-1-2-11-19(17)26-14-16-8-5-13-25-16/h1-4,6-7,9-12,16H,5,8,13-14H2,(H,23,24). The smallest absolute Gasteiger partial charge is 0.256 e. The number of nitrogens with one attached hydrogen (secondary N) is 1. The van der Waals surface area contributed by atoms with E-state index in [1.54, 1.807) is 18.0 Å². The van der Waals surface area contributed by atoms with Gasteiger partial charge in [0.1, 0.15) is 0 Å². The number of nitrogens with zero attached hydrogens (tertiary/aromatic N) is 1. The average molecular weight is 364 g/mol. The van der Waals surface area contributed by atoms with E-state index in [1.807, 2.05) is 54.6 Å². The van der Waals surface area contributed by atoms with Crippen LogP contribution in [0.4, 0.5) is 5.69 Å². The highest BCUT2D eigenvalue weighted by molar-refractivity contribution is 7.99. The van der Waals surface area contributed by atoms with Crippen LogP contribution in [0.5, 0.6) is 0 Å². The monoisotopic (exact) mass is 364 g/mol. The van der Waals surface area contributed by atoms with Crippen LogP contribution in [0.3, 0.4) is 0 Å². The van der Waals surface area contributed by atoms with Gasteiger partial charge in [-0.15, -0.1) is 11.8 Å². The molecule has 2 aromatic carbocycles. The molecule has 0 radical (unpaired) electrons. The maximum atomic E-state index is 12.9. The Labute approximate surface area is 157 Å². The summed E-state index contributed by atoms with van der Waals surface area (Å²) in [6, 6.07) is 17.4. The molecule has 2 heterocycles. The summed E-state index contributed by atoms with van der Waals surface area (Å²) in [5, 5.41) is 4.03. The summed E-state index contributed by atoms with van der Waals surface area (Å²) >= 11 is 1.69. The Bertz CT molecular complexity index is 917. The van der Waals surface area contributed by atoms with Gasteiger partial charge in [-0.1, -0.05) is 30.3 Å². The molecule has 132 valence electrons. The first kappa shape index (κ1) is 17.1. The zero-order chi connectivity index (χ0) is 17.8. The number of carbonyl (C=O) groups excluding carboxylic acids is 1. The van der Waals surface area contributed by atoms with Gasteiger partial charge < -0.3 is 10.1 Å². The van der Waals surface area contributed by atoms with Crippen LogP contribution in [0.25, 0.3) is 10.9 Å². The second-order valence-electron chi connectivity index (χ2n) is 6.28. The molecule has 3 aromatic rings. The third kappa shape index (κ3) is 3.74. The lowest BCUT2D eigenvalue weighted by Gasteiger charge is -2.13. The summed E-state index contributed by atoms with van der Waals surface area (Å²) in [6.07, 6.45) is 4.26. The Kier molecular flexibility index (Phi) is 5.18. The van der Waals surface area contributed by atoms with Gasteiger partial charge in [-0.2, -0.15) is 0 Å². The van der Waals surface area contributed by atoms with Crippen molar-refractivity contribution in [2.75, 3.05) is 17.7 Å². The Morgan fingerprint density at radius 1 is 1.15 bits per heavy atom. The van der Waals surface area contributed by atoms with Crippen molar-refractivity contribution in [1.82, 2.24) is 4.98 Å². The number of hydrogen-bond donors (Lipinski definition) is 1. The van der Waals surface area contributed by atoms with Crippen LogP contribution in [-0.4, -0.2) is 29.4 Å². The molecule has 4 rings (SSSR count). The Morgan fingerprint density at radius 2 is 2.04 bits per heavy atom. The number of hydrogen-bond acceptors (Lipinski definition) is 4. The Balaban J connectivity index is 1.54. The highest BCUT2D eigenvalue weighted by Crippen LogP contribution is 2.28. The average Bonchev–Trinajstić information content (AvgIpc) is 3.20. The number of benzene rings is 2. The molecule has 0 aliphatic carbocycles. The SMILES string of the molecule is O=C(Nc1cccc2cccnc12)c1ccccc1SCC1CCCO1. The number of pyridine rings is 1. The van der Waals surface area contributed by atoms with Crippen molar-refractivity contribution in [3.63, 3.8) is 0 Å². The summed E-state index contributed by atoms with van der Waals surface area (Å²) in [7, 11) is 0. The van der Waals surface area contributed by atoms with Crippen LogP contribution in [0.2, 0.25) is 0 Å². The van der Waals surface area contributed by atoms with Gasteiger partial charge in [0.15, 0.2) is 0 Å². The third-order valence-electron chi connectivity index (χ3n) is 4.46. The molecule has 1 aliphatic rings. The summed E-state index contributed by atoms with van der Waals surface area (Å²) in [6.45, 7) is 0.849. The number of fused-ring (bicyclic) bond motifs is 1. The second-order valence-corrected chi connectivity index (χ2v) is 7.34. The first-order valence-electron chi connectivity index (χ1n) is 8.80. The van der Waals surface area contributed by atoms with Gasteiger partial charge in [-0.3, -0.25) is 9.78 Å². The lowest BCUT2D eigenvalue weighted by atomic mass is 10.1. The fraction of sp³-hybridized carbons (Fsp3) is 0.238. The van der Waals surface area contributed by atoms with Crippen LogP contribution >= 0.6 is 11.8 Å². The zero-order valence-corrected chi connectivity index (χ0v) is 15.2. The minimum atomic E-state index is -0.112. The molecule has 1 aliphatic heterocycles. The van der Waals surface area contributed by atoms with Gasteiger partial charge in [-0.05, 0) is 37.1 Å². The predicted octanol–water partition coefficient (Wildman–Crippen LogP) is 4.76. The quantitative estimate of drug-likeness (QED) is 0.663. The van der Waals surface area contributed by atoms with E-state index in [1.165, 1.54) is 0 Å². The zero-order valence-electron chi connectivity index (χ0n) is 14.4. The molecule has 5 heteroatoms. The molecule has 1 saturated heterocycles. The fourth-order valence-electron chi connectivity index (χ4n) is 3.13. The number of ether oxygens (including phenoxy) is 1. The molecular weight excluding hydrogens is 344 g/mol. The van der Waals surface area contributed by atoms with Crippen molar-refractivity contribution in [2.45, 2.75) is 23.8 Å². The number of thioether (sulfide) groups is 1. The van der Waals surface area contributed by atoms with Crippen LogP contribution in [-0.2, 0) is 4.74 Å². The highest BCUT2D eigenvalue weighted by Gasteiger charge is 2.18. The van der Waals surface area contributed by atoms with Gasteiger partial charge in [-0.25, -0.2) is 0 Å². The van der Waals surface area contributed by atoms with E-state index in [4.69, 9.17) is 4.74 Å². The van der Waals surface area contributed by atoms with Gasteiger partial charge in [0, 0.05) is 28.8 Å². The number of rotatable bonds is 5. The summed E-state index contributed by atoms with van der Waals surface area (Å²) < 4.78 is 5.69. The van der Waals surface area contributed by atoms with Crippen molar-refractivity contribution in [1.29, 1.82) is 0 Å². The predicted molar refractivity (Wildman–Crippen MR) is 106 cm³/mol. The van der Waals surface area contributed by atoms with Gasteiger partial charge >= 0.3 is 0 Å². The first-order chi connectivity index (χ1) is 12.8. The van der Waals surface area contributed by atoms with Gasteiger partial charge in [0.2, 0.25) is 0 Å². The van der Waals surface area contributed by atoms with E-state index >= 15 is 0 Å². The first-order valence-corrected chi connectivity index (χ1v) is 9.78. The van der Waals surface area contributed by atoms with Gasteiger partial charge in [0.25, 0.3) is 5.91 Å². The normalized spacial score (nSPS) is 16.7. The van der Waals surface area contributed by atoms with E-state index < -0.39 is 0 Å². The van der Waals surface area contributed by atoms with E-state index in [0.717, 1.165) is 46.7 Å². The van der Waals surface area contributed by atoms with Crippen molar-refractivity contribution in [2.24, 2.45) is 0 Å². The van der Waals surface area contributed by atoms with Crippen LogP contribution in [0.1, 0.15) is 23.2 Å². The third-order valence-corrected chi connectivity index (χ3v) is 5.67. The topological polar surface area (TPSA) is 51.2 Å². The highest BCUT2D eigenvalue weighted by atomic mass is 32.2. The lowest BCUT2D eigenvalue weighted by molar-refractivity contribution is 0.102. The maximum Gasteiger partial charge on any atom is 0.256 e. The molecule has 1 unspecified atom stereocenters. The number of amides is 1. The summed E-state index contributed by atoms with van der Waals surface area (Å²) in [5.74, 6) is 0.763. The van der Waals surface area contributed by atoms with Crippen molar-refractivity contribution in [3.8, 4) is 0 Å². The van der Waals surface area contributed by atoms with E-state index in [0.29, 0.717) is 11.7 Å². The molecule has 1 N–H and O–H groups in total. The maximum absolute atomic E-state index is 12.9. The molecule has 26 heavy (non-hydrogen) atoms. The lowest BCUT2D eigenvalue weighted by Crippen LogP contribution is -2.14. The molecule has 1 aromatic heterocycles. The molecular formula is C21H20N2O2S. The number of para-hydroxylation sites is 1. The molecule has 1 amide bonds. The molecule has 0 saturated carbocycles. The number of carbonyl (C=O) groups is 1. The van der Waals surface area contributed by atoms with Crippen LogP contribution < -0.4 is 5.32 Å². The van der Waals surface area contributed by atoms with Gasteiger partial charge in [0.05, 0.1) is 22.9 Å². The van der Waals surface area contributed by atoms with E-state index in [2.05, 4.69) is 10.3 Å². The van der Waals surface area contributed by atoms with Crippen molar-refractivity contribution >= 4 is 34.3 Å². The van der Waals surface area contributed by atoms with Crippen molar-refractivity contribution < 1.29 is 9.53 Å². The summed E-state index contributed by atoms with van der Waals surface area (Å²) in [4.78, 5) is 18.3. The summed E-state index contributed by atoms with van der Waals surface area (Å²) in [5.41, 5.74) is 2.21. The van der Waals surface area contributed by atoms with Crippen molar-refractivity contribution in [3.05, 3.63) is 66.4 Å². The van der Waals surface area contributed by atoms with E-state index in [9.17, 15) is 4.79 Å². The second kappa shape index (κ2) is 7.89. The van der Waals surface area contributed by atoms with Crippen LogP contribution in [0, 0.1) is 0 Å². The number of aromatic nitrogens is 1. The molecule has 0 bridgehead atoms. The minimum absolute atomic E-state index is 0.112. The molecule has 1 fully saturated rings. The fourth-order valence-corrected chi connectivity index (χ4v) is 4.25. The molecule has 1 atom stereocenters. The molecule has 4 nitrogen and oxygen atoms in total. The number of anilines is 1. The largest absolute Gasteiger partial charge is 0.377 e. The van der Waals surface area contributed by atoms with E-state index in [-0.39, 0.29) is 5.91 Å².